The number of rotatable bonds is 6. The van der Waals surface area contributed by atoms with Crippen molar-refractivity contribution >= 4 is 29.1 Å². The van der Waals surface area contributed by atoms with Crippen molar-refractivity contribution in [3.63, 3.8) is 0 Å². The minimum absolute atomic E-state index is 0.0552. The zero-order valence-electron chi connectivity index (χ0n) is 9.43. The lowest BCUT2D eigenvalue weighted by Crippen LogP contribution is -2.33. The largest absolute Gasteiger partial charge is 0.484 e. The summed E-state index contributed by atoms with van der Waals surface area (Å²) in [6.07, 6.45) is 0. The molecule has 0 aliphatic rings. The lowest BCUT2D eigenvalue weighted by atomic mass is 10.3. The highest BCUT2D eigenvalue weighted by atomic mass is 35.5. The molecule has 0 saturated heterocycles. The molecule has 4 nitrogen and oxygen atoms in total. The summed E-state index contributed by atoms with van der Waals surface area (Å²) in [7, 11) is 1.82. The van der Waals surface area contributed by atoms with Gasteiger partial charge in [-0.1, -0.05) is 23.2 Å². The van der Waals surface area contributed by atoms with Gasteiger partial charge in [-0.15, -0.1) is 0 Å². The Kier molecular flexibility index (Phi) is 6.11. The smallest absolute Gasteiger partial charge is 0.257 e. The monoisotopic (exact) mass is 276 g/mol. The lowest BCUT2D eigenvalue weighted by Gasteiger charge is -2.07. The second-order valence-electron chi connectivity index (χ2n) is 3.35. The summed E-state index contributed by atoms with van der Waals surface area (Å²) < 4.78 is 5.26. The fourth-order valence-corrected chi connectivity index (χ4v) is 1.64. The van der Waals surface area contributed by atoms with E-state index in [1.165, 1.54) is 0 Å². The number of ether oxygens (including phenoxy) is 1. The van der Waals surface area contributed by atoms with Gasteiger partial charge < -0.3 is 15.4 Å². The maximum atomic E-state index is 11.3. The molecule has 0 unspecified atom stereocenters. The van der Waals surface area contributed by atoms with Crippen molar-refractivity contribution < 1.29 is 9.53 Å². The molecular weight excluding hydrogens is 263 g/mol. The number of likely N-dealkylation sites (N-methyl/N-ethyl adjacent to an activating group) is 1. The van der Waals surface area contributed by atoms with Gasteiger partial charge in [0.2, 0.25) is 0 Å². The highest BCUT2D eigenvalue weighted by molar-refractivity contribution is 6.34. The first-order valence-corrected chi connectivity index (χ1v) is 5.87. The number of nitrogens with one attached hydrogen (secondary N) is 2. The Bertz CT molecular complexity index is 365. The van der Waals surface area contributed by atoms with Gasteiger partial charge in [0, 0.05) is 23.1 Å². The molecule has 0 bridgehead atoms. The van der Waals surface area contributed by atoms with Gasteiger partial charge in [-0.3, -0.25) is 4.79 Å². The Morgan fingerprint density at radius 1 is 1.24 bits per heavy atom. The molecule has 1 amide bonds. The third kappa shape index (κ3) is 5.77. The molecule has 0 fully saturated rings. The average molecular weight is 277 g/mol. The van der Waals surface area contributed by atoms with Crippen LogP contribution in [0.1, 0.15) is 0 Å². The van der Waals surface area contributed by atoms with E-state index in [4.69, 9.17) is 27.9 Å². The van der Waals surface area contributed by atoms with E-state index in [2.05, 4.69) is 10.6 Å². The van der Waals surface area contributed by atoms with Gasteiger partial charge in [0.05, 0.1) is 0 Å². The van der Waals surface area contributed by atoms with Crippen LogP contribution in [-0.2, 0) is 4.79 Å². The molecule has 17 heavy (non-hydrogen) atoms. The van der Waals surface area contributed by atoms with Crippen LogP contribution >= 0.6 is 23.2 Å². The molecule has 0 atom stereocenters. The molecule has 0 aliphatic heterocycles. The lowest BCUT2D eigenvalue weighted by molar-refractivity contribution is -0.123. The van der Waals surface area contributed by atoms with E-state index < -0.39 is 0 Å². The van der Waals surface area contributed by atoms with Gasteiger partial charge >= 0.3 is 0 Å². The zero-order chi connectivity index (χ0) is 12.7. The Labute approximate surface area is 110 Å². The second-order valence-corrected chi connectivity index (χ2v) is 4.22. The van der Waals surface area contributed by atoms with Gasteiger partial charge in [0.25, 0.3) is 5.91 Å². The topological polar surface area (TPSA) is 50.4 Å². The van der Waals surface area contributed by atoms with Crippen LogP contribution in [-0.4, -0.2) is 32.7 Å². The summed E-state index contributed by atoms with van der Waals surface area (Å²) in [5.74, 6) is 0.294. The molecule has 1 aromatic carbocycles. The molecular formula is C11H14Cl2N2O2. The van der Waals surface area contributed by atoms with Gasteiger partial charge in [0.15, 0.2) is 6.61 Å². The molecule has 0 radical (unpaired) electrons. The Balaban J connectivity index is 2.36. The molecule has 0 saturated carbocycles. The van der Waals surface area contributed by atoms with Crippen LogP contribution in [0.4, 0.5) is 0 Å². The van der Waals surface area contributed by atoms with Crippen LogP contribution in [0.25, 0.3) is 0 Å². The van der Waals surface area contributed by atoms with E-state index in [1.54, 1.807) is 18.2 Å². The molecule has 1 aromatic rings. The van der Waals surface area contributed by atoms with Crippen molar-refractivity contribution in [2.45, 2.75) is 0 Å². The number of hydrogen-bond acceptors (Lipinski definition) is 3. The molecule has 0 heterocycles. The minimum atomic E-state index is -0.184. The molecule has 0 aliphatic carbocycles. The van der Waals surface area contributed by atoms with E-state index in [0.29, 0.717) is 28.9 Å². The van der Waals surface area contributed by atoms with Crippen molar-refractivity contribution in [1.29, 1.82) is 0 Å². The maximum Gasteiger partial charge on any atom is 0.257 e. The van der Waals surface area contributed by atoms with E-state index in [-0.39, 0.29) is 12.5 Å². The van der Waals surface area contributed by atoms with Crippen LogP contribution in [0.2, 0.25) is 10.0 Å². The summed E-state index contributed by atoms with van der Waals surface area (Å²) in [6.45, 7) is 1.23. The number of benzene rings is 1. The molecule has 2 N–H and O–H groups in total. The van der Waals surface area contributed by atoms with Crippen molar-refractivity contribution in [1.82, 2.24) is 10.6 Å². The summed E-state index contributed by atoms with van der Waals surface area (Å²) in [5.41, 5.74) is 0. The normalized spacial score (nSPS) is 10.1. The molecule has 6 heteroatoms. The third-order valence-electron chi connectivity index (χ3n) is 1.90. The van der Waals surface area contributed by atoms with Crippen LogP contribution in [0, 0.1) is 0 Å². The Morgan fingerprint density at radius 2 is 1.88 bits per heavy atom. The fraction of sp³-hybridized carbons (Fsp3) is 0.364. The zero-order valence-corrected chi connectivity index (χ0v) is 10.9. The maximum absolute atomic E-state index is 11.3. The first-order valence-electron chi connectivity index (χ1n) is 5.12. The number of halogens is 2. The standard InChI is InChI=1S/C11H14Cl2N2O2/c1-14-2-3-15-11(16)7-17-10-5-8(12)4-9(13)6-10/h4-6,14H,2-3,7H2,1H3,(H,15,16). The predicted octanol–water partition coefficient (Wildman–Crippen LogP) is 1.71. The molecule has 0 spiro atoms. The summed E-state index contributed by atoms with van der Waals surface area (Å²) >= 11 is 11.6. The number of hydrogen-bond donors (Lipinski definition) is 2. The molecule has 0 aromatic heterocycles. The highest BCUT2D eigenvalue weighted by Gasteiger charge is 2.03. The fourth-order valence-electron chi connectivity index (χ4n) is 1.14. The van der Waals surface area contributed by atoms with Crippen LogP contribution < -0.4 is 15.4 Å². The summed E-state index contributed by atoms with van der Waals surface area (Å²) in [6, 6.07) is 4.81. The number of carbonyl (C=O) groups is 1. The number of amides is 1. The Hall–Kier alpha value is -0.970. The second kappa shape index (κ2) is 7.37. The van der Waals surface area contributed by atoms with Crippen molar-refractivity contribution in [3.8, 4) is 5.75 Å². The van der Waals surface area contributed by atoms with Crippen molar-refractivity contribution in [3.05, 3.63) is 28.2 Å². The van der Waals surface area contributed by atoms with Gasteiger partial charge in [-0.25, -0.2) is 0 Å². The van der Waals surface area contributed by atoms with E-state index in [9.17, 15) is 4.79 Å². The predicted molar refractivity (Wildman–Crippen MR) is 68.9 cm³/mol. The third-order valence-corrected chi connectivity index (χ3v) is 2.34. The average Bonchev–Trinajstić information content (AvgIpc) is 2.25. The SMILES string of the molecule is CNCCNC(=O)COc1cc(Cl)cc(Cl)c1. The van der Waals surface area contributed by atoms with Crippen molar-refractivity contribution in [2.75, 3.05) is 26.7 Å². The van der Waals surface area contributed by atoms with E-state index in [0.717, 1.165) is 0 Å². The van der Waals surface area contributed by atoms with Gasteiger partial charge in [0.1, 0.15) is 5.75 Å². The first kappa shape index (κ1) is 14.1. The van der Waals surface area contributed by atoms with Crippen molar-refractivity contribution in [2.24, 2.45) is 0 Å². The Morgan fingerprint density at radius 3 is 2.47 bits per heavy atom. The van der Waals surface area contributed by atoms with Crippen LogP contribution in [0.5, 0.6) is 5.75 Å². The quantitative estimate of drug-likeness (QED) is 0.778. The van der Waals surface area contributed by atoms with Gasteiger partial charge in [-0.2, -0.15) is 0 Å². The number of carbonyl (C=O) groups excluding carboxylic acids is 1. The van der Waals surface area contributed by atoms with Crippen LogP contribution in [0.15, 0.2) is 18.2 Å². The van der Waals surface area contributed by atoms with E-state index in [1.807, 2.05) is 7.05 Å². The summed E-state index contributed by atoms with van der Waals surface area (Å²) in [4.78, 5) is 11.3. The molecule has 94 valence electrons. The highest BCUT2D eigenvalue weighted by Crippen LogP contribution is 2.23. The first-order chi connectivity index (χ1) is 8.11. The van der Waals surface area contributed by atoms with Gasteiger partial charge in [-0.05, 0) is 25.2 Å². The van der Waals surface area contributed by atoms with E-state index >= 15 is 0 Å². The summed E-state index contributed by atoms with van der Waals surface area (Å²) in [5, 5.41) is 6.56. The minimum Gasteiger partial charge on any atom is -0.484 e. The molecule has 1 rings (SSSR count). The van der Waals surface area contributed by atoms with Crippen LogP contribution in [0.3, 0.4) is 0 Å².